The molecule has 134 valence electrons. The maximum atomic E-state index is 9.10. The Morgan fingerprint density at radius 3 is 2.71 bits per heavy atom. The monoisotopic (exact) mass is 375 g/mol. The van der Waals surface area contributed by atoms with E-state index in [2.05, 4.69) is 13.6 Å². The third kappa shape index (κ3) is 5.13. The van der Waals surface area contributed by atoms with Crippen molar-refractivity contribution >= 4 is 35.4 Å². The molecule has 1 aromatic rings. The molecule has 0 spiro atoms. The van der Waals surface area contributed by atoms with Crippen molar-refractivity contribution in [3.8, 4) is 0 Å². The van der Waals surface area contributed by atoms with E-state index in [0.29, 0.717) is 5.92 Å². The van der Waals surface area contributed by atoms with Gasteiger partial charge in [0.15, 0.2) is 0 Å². The highest BCUT2D eigenvalue weighted by molar-refractivity contribution is 7.99. The van der Waals surface area contributed by atoms with Crippen molar-refractivity contribution in [2.45, 2.75) is 23.8 Å². The van der Waals surface area contributed by atoms with Crippen LogP contribution in [0, 0.1) is 5.92 Å². The molecular weight excluding hydrogens is 354 g/mol. The van der Waals surface area contributed by atoms with Crippen LogP contribution in [-0.2, 0) is 14.3 Å². The van der Waals surface area contributed by atoms with E-state index < -0.39 is 11.9 Å². The number of carboxylic acids is 2. The Balaban J connectivity index is 0.000000301. The highest BCUT2D eigenvalue weighted by atomic mass is 32.2. The molecule has 0 aliphatic carbocycles. The molecule has 2 fully saturated rings. The van der Waals surface area contributed by atoms with Crippen LogP contribution in [0.15, 0.2) is 5.03 Å². The van der Waals surface area contributed by atoms with Crippen LogP contribution in [0.5, 0.6) is 0 Å². The van der Waals surface area contributed by atoms with Crippen LogP contribution in [0.25, 0.3) is 0 Å². The smallest absolute Gasteiger partial charge is 0.414 e. The first-order valence-electron chi connectivity index (χ1n) is 7.65. The number of rotatable bonds is 5. The van der Waals surface area contributed by atoms with Crippen LogP contribution in [-0.4, -0.2) is 74.9 Å². The number of hydrogen-bond acceptors (Lipinski definition) is 8. The third-order valence-corrected chi connectivity index (χ3v) is 5.71. The second-order valence-corrected chi connectivity index (χ2v) is 7.29. The summed E-state index contributed by atoms with van der Waals surface area (Å²) in [5, 5.41) is 15.9. The van der Waals surface area contributed by atoms with Crippen LogP contribution >= 0.6 is 23.5 Å². The Kier molecular flexibility index (Phi) is 7.40. The number of nitrogens with zero attached hydrogens (tertiary/aromatic N) is 3. The summed E-state index contributed by atoms with van der Waals surface area (Å²) in [5.41, 5.74) is 1.26. The molecule has 2 saturated heterocycles. The van der Waals surface area contributed by atoms with Gasteiger partial charge in [-0.15, -0.1) is 11.8 Å². The van der Waals surface area contributed by atoms with Gasteiger partial charge >= 0.3 is 11.9 Å². The summed E-state index contributed by atoms with van der Waals surface area (Å²) in [7, 11) is 1.74. The number of hydrogen-bond donors (Lipinski definition) is 2. The average Bonchev–Trinajstić information content (AvgIpc) is 3.12. The lowest BCUT2D eigenvalue weighted by Crippen LogP contribution is -2.25. The molecule has 1 aromatic heterocycles. The molecule has 2 bridgehead atoms. The van der Waals surface area contributed by atoms with Gasteiger partial charge in [0.25, 0.3) is 0 Å². The van der Waals surface area contributed by atoms with Crippen LogP contribution in [0.3, 0.4) is 0 Å². The summed E-state index contributed by atoms with van der Waals surface area (Å²) in [6, 6.07) is 0. The topological polar surface area (TPSA) is 113 Å². The fraction of sp³-hybridized carbons (Fsp3) is 0.714. The summed E-state index contributed by atoms with van der Waals surface area (Å²) in [6.45, 7) is 4.51. The fourth-order valence-corrected chi connectivity index (χ4v) is 4.73. The highest BCUT2D eigenvalue weighted by Gasteiger charge is 2.38. The molecule has 24 heavy (non-hydrogen) atoms. The molecule has 2 aliphatic heterocycles. The zero-order valence-corrected chi connectivity index (χ0v) is 15.0. The van der Waals surface area contributed by atoms with Crippen LogP contribution in [0.4, 0.5) is 0 Å². The van der Waals surface area contributed by atoms with Crippen LogP contribution in [0.1, 0.15) is 24.5 Å². The van der Waals surface area contributed by atoms with E-state index in [0.717, 1.165) is 23.3 Å². The lowest BCUT2D eigenvalue weighted by molar-refractivity contribution is -0.159. The lowest BCUT2D eigenvalue weighted by Gasteiger charge is -2.21. The maximum absolute atomic E-state index is 9.10. The molecule has 0 aromatic carbocycles. The largest absolute Gasteiger partial charge is 0.473 e. The van der Waals surface area contributed by atoms with Crippen LogP contribution in [0.2, 0.25) is 0 Å². The SMILES string of the molecule is COCCSc1nsnc1C1CN2CCCC1C2.O=C(O)C(=O)O. The minimum atomic E-state index is -1.82. The van der Waals surface area contributed by atoms with Gasteiger partial charge in [0.2, 0.25) is 0 Å². The molecule has 3 heterocycles. The molecule has 2 N–H and O–H groups in total. The van der Waals surface area contributed by atoms with E-state index in [1.54, 1.807) is 18.9 Å². The Bertz CT molecular complexity index is 556. The number of thioether (sulfide) groups is 1. The molecule has 10 heteroatoms. The molecule has 8 nitrogen and oxygen atoms in total. The highest BCUT2D eigenvalue weighted by Crippen LogP contribution is 2.41. The van der Waals surface area contributed by atoms with Gasteiger partial charge in [-0.2, -0.15) is 8.75 Å². The van der Waals surface area contributed by atoms with Crippen molar-refractivity contribution in [1.29, 1.82) is 0 Å². The Morgan fingerprint density at radius 2 is 2.08 bits per heavy atom. The maximum Gasteiger partial charge on any atom is 0.414 e. The second kappa shape index (κ2) is 9.30. The van der Waals surface area contributed by atoms with Gasteiger partial charge < -0.3 is 19.8 Å². The van der Waals surface area contributed by atoms with E-state index >= 15 is 0 Å². The summed E-state index contributed by atoms with van der Waals surface area (Å²) in [5.74, 6) is -1.25. The summed E-state index contributed by atoms with van der Waals surface area (Å²) < 4.78 is 14.1. The summed E-state index contributed by atoms with van der Waals surface area (Å²) in [6.07, 6.45) is 2.71. The van der Waals surface area contributed by atoms with Gasteiger partial charge in [0.05, 0.1) is 24.0 Å². The Labute approximate surface area is 148 Å². The number of carboxylic acid groups (broad SMARTS) is 2. The predicted octanol–water partition coefficient (Wildman–Crippen LogP) is 1.24. The first kappa shape index (κ1) is 19.1. The first-order valence-corrected chi connectivity index (χ1v) is 9.37. The molecule has 2 aliphatic rings. The lowest BCUT2D eigenvalue weighted by atomic mass is 9.89. The number of piperidine rings is 1. The summed E-state index contributed by atoms with van der Waals surface area (Å²) in [4.78, 5) is 20.8. The number of aromatic nitrogens is 2. The zero-order chi connectivity index (χ0) is 17.5. The van der Waals surface area contributed by atoms with E-state index in [1.165, 1.54) is 49.9 Å². The third-order valence-electron chi connectivity index (χ3n) is 4.11. The number of ether oxygens (including phenoxy) is 1. The van der Waals surface area contributed by atoms with Crippen molar-refractivity contribution in [2.24, 2.45) is 5.92 Å². The number of aliphatic carboxylic acids is 2. The van der Waals surface area contributed by atoms with Crippen molar-refractivity contribution < 1.29 is 24.5 Å². The van der Waals surface area contributed by atoms with Gasteiger partial charge in [-0.25, -0.2) is 9.59 Å². The Hall–Kier alpha value is -1.23. The fourth-order valence-electron chi connectivity index (χ4n) is 3.06. The Morgan fingerprint density at radius 1 is 1.33 bits per heavy atom. The number of methoxy groups -OCH3 is 1. The standard InChI is InChI=1S/C12H19N3OS2.C2H2O4/c1-16-5-6-17-12-11(13-18-14-12)10-8-15-4-2-3-9(10)7-15;3-1(4)2(5)6/h9-10H,2-8H2,1H3;(H,3,4)(H,5,6). The van der Waals surface area contributed by atoms with E-state index in [1.807, 2.05) is 0 Å². The molecule has 0 saturated carbocycles. The van der Waals surface area contributed by atoms with E-state index in [9.17, 15) is 0 Å². The van der Waals surface area contributed by atoms with Gasteiger partial charge in [0.1, 0.15) is 5.03 Å². The molecule has 3 rings (SSSR count). The quantitative estimate of drug-likeness (QED) is 0.446. The minimum absolute atomic E-state index is 0.622. The predicted molar refractivity (Wildman–Crippen MR) is 89.7 cm³/mol. The summed E-state index contributed by atoms with van der Waals surface area (Å²) >= 11 is 3.16. The van der Waals surface area contributed by atoms with E-state index in [4.69, 9.17) is 24.5 Å². The molecule has 0 radical (unpaired) electrons. The molecular formula is C14H21N3O5S2. The zero-order valence-electron chi connectivity index (χ0n) is 13.4. The van der Waals surface area contributed by atoms with Crippen molar-refractivity contribution in [3.05, 3.63) is 5.69 Å². The molecule has 0 amide bonds. The van der Waals surface area contributed by atoms with Crippen LogP contribution < -0.4 is 0 Å². The van der Waals surface area contributed by atoms with Crippen molar-refractivity contribution in [1.82, 2.24) is 13.6 Å². The number of fused-ring (bicyclic) bond motifs is 2. The molecule has 3 unspecified atom stereocenters. The van der Waals surface area contributed by atoms with Gasteiger partial charge in [-0.3, -0.25) is 0 Å². The normalized spacial score (nSPS) is 25.0. The minimum Gasteiger partial charge on any atom is -0.473 e. The van der Waals surface area contributed by atoms with Crippen molar-refractivity contribution in [3.63, 3.8) is 0 Å². The number of carbonyl (C=O) groups is 2. The van der Waals surface area contributed by atoms with E-state index in [-0.39, 0.29) is 0 Å². The second-order valence-electron chi connectivity index (χ2n) is 5.67. The first-order chi connectivity index (χ1) is 11.5. The van der Waals surface area contributed by atoms with Gasteiger partial charge in [0, 0.05) is 31.9 Å². The van der Waals surface area contributed by atoms with Gasteiger partial charge in [-0.05, 0) is 25.3 Å². The van der Waals surface area contributed by atoms with Gasteiger partial charge in [-0.1, -0.05) is 0 Å². The van der Waals surface area contributed by atoms with Crippen molar-refractivity contribution in [2.75, 3.05) is 39.1 Å². The molecule has 3 atom stereocenters. The average molecular weight is 375 g/mol.